The number of hydrogen-bond acceptors (Lipinski definition) is 11. The van der Waals surface area contributed by atoms with E-state index in [1.165, 1.54) is 73.4 Å². The van der Waals surface area contributed by atoms with Crippen LogP contribution in [0.2, 0.25) is 12.1 Å². The lowest BCUT2D eigenvalue weighted by atomic mass is 10.3. The fraction of sp³-hybridized carbons (Fsp3) is 0.421. The third kappa shape index (κ3) is 8.03. The summed E-state index contributed by atoms with van der Waals surface area (Å²) in [5.41, 5.74) is -0.127. The minimum Gasteiger partial charge on any atom is -0.430 e. The average molecular weight is 488 g/mol. The topological polar surface area (TPSA) is 121 Å². The molecule has 0 aliphatic heterocycles. The summed E-state index contributed by atoms with van der Waals surface area (Å²) in [6.45, 7) is 0. The van der Waals surface area contributed by atoms with Gasteiger partial charge in [0.15, 0.2) is 0 Å². The highest BCUT2D eigenvalue weighted by Crippen LogP contribution is 2.14. The molecule has 0 aliphatic carbocycles. The smallest absolute Gasteiger partial charge is 0.430 e. The Morgan fingerprint density at radius 3 is 1.38 bits per heavy atom. The van der Waals surface area contributed by atoms with E-state index < -0.39 is 29.5 Å². The molecule has 0 amide bonds. The normalized spacial score (nSPS) is 12.4. The number of nitrogens with zero attached hydrogens (tertiary/aromatic N) is 1. The molecule has 1 heterocycles. The van der Waals surface area contributed by atoms with Crippen molar-refractivity contribution in [1.82, 2.24) is 4.98 Å². The van der Waals surface area contributed by atoms with Gasteiger partial charge in [-0.25, -0.2) is 14.6 Å². The summed E-state index contributed by atoms with van der Waals surface area (Å²) in [7, 11) is 3.26. The molecular formula is C19H29NO10Si2. The van der Waals surface area contributed by atoms with E-state index in [1.54, 1.807) is 12.2 Å². The van der Waals surface area contributed by atoms with Crippen LogP contribution in [0, 0.1) is 0 Å². The van der Waals surface area contributed by atoms with Gasteiger partial charge in [-0.05, 0) is 24.3 Å². The fourth-order valence-electron chi connectivity index (χ4n) is 2.39. The van der Waals surface area contributed by atoms with Crippen LogP contribution in [0.15, 0.2) is 42.9 Å². The van der Waals surface area contributed by atoms with Crippen LogP contribution in [0.25, 0.3) is 0 Å². The van der Waals surface area contributed by atoms with Crippen molar-refractivity contribution in [1.29, 1.82) is 0 Å². The van der Waals surface area contributed by atoms with Gasteiger partial charge in [0.25, 0.3) is 0 Å². The Balaban J connectivity index is 2.68. The predicted molar refractivity (Wildman–Crippen MR) is 117 cm³/mol. The van der Waals surface area contributed by atoms with Gasteiger partial charge in [-0.2, -0.15) is 0 Å². The molecule has 0 aliphatic rings. The zero-order valence-corrected chi connectivity index (χ0v) is 21.0. The van der Waals surface area contributed by atoms with Gasteiger partial charge >= 0.3 is 29.5 Å². The number of ether oxygens (including phenoxy) is 2. The summed E-state index contributed by atoms with van der Waals surface area (Å²) in [6.07, 6.45) is 5.47. The van der Waals surface area contributed by atoms with E-state index in [1.807, 2.05) is 0 Å². The molecule has 0 radical (unpaired) electrons. The quantitative estimate of drug-likeness (QED) is 0.218. The molecule has 0 N–H and O–H groups in total. The number of rotatable bonds is 14. The summed E-state index contributed by atoms with van der Waals surface area (Å²) in [5.74, 6) is -1.50. The van der Waals surface area contributed by atoms with Gasteiger partial charge in [0, 0.05) is 54.7 Å². The summed E-state index contributed by atoms with van der Waals surface area (Å²) in [4.78, 5) is 28.4. The highest BCUT2D eigenvalue weighted by atomic mass is 28.4. The van der Waals surface area contributed by atoms with Gasteiger partial charge in [-0.15, -0.1) is 0 Å². The molecule has 0 fully saturated rings. The number of esters is 2. The Morgan fingerprint density at radius 1 is 0.719 bits per heavy atom. The molecule has 0 unspecified atom stereocenters. The van der Waals surface area contributed by atoms with Crippen LogP contribution in [0.3, 0.4) is 0 Å². The van der Waals surface area contributed by atoms with Crippen LogP contribution in [0.4, 0.5) is 0 Å². The molecule has 1 aromatic rings. The Hall–Kier alpha value is -2.24. The molecule has 0 aromatic carbocycles. The van der Waals surface area contributed by atoms with E-state index in [9.17, 15) is 9.59 Å². The van der Waals surface area contributed by atoms with Crippen molar-refractivity contribution in [3.63, 3.8) is 0 Å². The standard InChI is InChI=1S/C19H29NO10Si2/c1-23-31(24-2,25-3)14-8-12-29-18(21)16-10-7-11-17(20-16)19(22)30-13-9-15-32(26-4,27-5)28-6/h7-13H,14-15H2,1-6H3. The minimum absolute atomic E-state index is 0.0635. The van der Waals surface area contributed by atoms with Crippen molar-refractivity contribution >= 4 is 29.5 Å². The van der Waals surface area contributed by atoms with Crippen LogP contribution in [0.5, 0.6) is 0 Å². The van der Waals surface area contributed by atoms with Crippen molar-refractivity contribution in [2.75, 3.05) is 42.7 Å². The number of pyridine rings is 1. The molecule has 178 valence electrons. The molecule has 1 rings (SSSR count). The van der Waals surface area contributed by atoms with Crippen LogP contribution < -0.4 is 0 Å². The summed E-state index contributed by atoms with van der Waals surface area (Å²) >= 11 is 0. The average Bonchev–Trinajstić information content (AvgIpc) is 2.85. The van der Waals surface area contributed by atoms with E-state index in [-0.39, 0.29) is 11.4 Å². The van der Waals surface area contributed by atoms with Crippen molar-refractivity contribution in [3.05, 3.63) is 54.3 Å². The summed E-state index contributed by atoms with van der Waals surface area (Å²) < 4.78 is 41.6. The largest absolute Gasteiger partial charge is 0.504 e. The second-order valence-electron chi connectivity index (χ2n) is 5.96. The lowest BCUT2D eigenvalue weighted by Crippen LogP contribution is -2.42. The maximum atomic E-state index is 12.2. The monoisotopic (exact) mass is 487 g/mol. The number of allylic oxidation sites excluding steroid dienone is 2. The molecule has 11 nitrogen and oxygen atoms in total. The Kier molecular flexibility index (Phi) is 12.2. The lowest BCUT2D eigenvalue weighted by molar-refractivity contribution is 0.0647. The third-order valence-corrected chi connectivity index (χ3v) is 9.52. The molecule has 0 saturated heterocycles. The first-order valence-corrected chi connectivity index (χ1v) is 13.2. The Labute approximate surface area is 189 Å². The van der Waals surface area contributed by atoms with E-state index >= 15 is 0 Å². The van der Waals surface area contributed by atoms with E-state index in [2.05, 4.69) is 4.98 Å². The van der Waals surface area contributed by atoms with Gasteiger partial charge in [0.1, 0.15) is 11.4 Å². The van der Waals surface area contributed by atoms with Crippen LogP contribution in [-0.4, -0.2) is 77.2 Å². The summed E-state index contributed by atoms with van der Waals surface area (Å²) in [5, 5.41) is 0. The summed E-state index contributed by atoms with van der Waals surface area (Å²) in [6, 6.07) is 4.92. The van der Waals surface area contributed by atoms with Crippen LogP contribution in [-0.2, 0) is 36.0 Å². The first-order valence-electron chi connectivity index (χ1n) is 9.34. The lowest BCUT2D eigenvalue weighted by Gasteiger charge is -2.22. The van der Waals surface area contributed by atoms with Crippen molar-refractivity contribution in [2.45, 2.75) is 12.1 Å². The van der Waals surface area contributed by atoms with E-state index in [0.717, 1.165) is 0 Å². The number of aromatic nitrogens is 1. The third-order valence-electron chi connectivity index (χ3n) is 4.31. The van der Waals surface area contributed by atoms with E-state index in [0.29, 0.717) is 12.1 Å². The highest BCUT2D eigenvalue weighted by Gasteiger charge is 2.37. The van der Waals surface area contributed by atoms with Crippen molar-refractivity contribution < 1.29 is 45.6 Å². The second kappa shape index (κ2) is 14.0. The Bertz CT molecular complexity index is 716. The van der Waals surface area contributed by atoms with Crippen LogP contribution in [0.1, 0.15) is 21.0 Å². The zero-order chi connectivity index (χ0) is 24.0. The van der Waals surface area contributed by atoms with Crippen LogP contribution >= 0.6 is 0 Å². The molecular weight excluding hydrogens is 458 g/mol. The molecule has 32 heavy (non-hydrogen) atoms. The highest BCUT2D eigenvalue weighted by molar-refractivity contribution is 6.61. The maximum Gasteiger partial charge on any atom is 0.504 e. The van der Waals surface area contributed by atoms with Gasteiger partial charge < -0.3 is 36.0 Å². The fourth-order valence-corrected chi connectivity index (χ4v) is 5.16. The molecule has 0 atom stereocenters. The van der Waals surface area contributed by atoms with E-state index in [4.69, 9.17) is 36.0 Å². The molecule has 0 spiro atoms. The van der Waals surface area contributed by atoms with Gasteiger partial charge in [-0.1, -0.05) is 6.07 Å². The molecule has 0 bridgehead atoms. The zero-order valence-electron chi connectivity index (χ0n) is 19.0. The molecule has 1 aromatic heterocycles. The maximum absolute atomic E-state index is 12.2. The van der Waals surface area contributed by atoms with Gasteiger partial charge in [0.2, 0.25) is 0 Å². The molecule has 13 heteroatoms. The predicted octanol–water partition coefficient (Wildman–Crippen LogP) is 2.18. The minimum atomic E-state index is -2.81. The Morgan fingerprint density at radius 2 is 1.06 bits per heavy atom. The number of carbonyl (C=O) groups excluding carboxylic acids is 2. The van der Waals surface area contributed by atoms with Crippen molar-refractivity contribution in [2.24, 2.45) is 0 Å². The first kappa shape index (κ1) is 27.8. The van der Waals surface area contributed by atoms with Gasteiger partial charge in [-0.3, -0.25) is 0 Å². The molecule has 0 saturated carbocycles. The first-order chi connectivity index (χ1) is 15.3. The van der Waals surface area contributed by atoms with Gasteiger partial charge in [0.05, 0.1) is 12.5 Å². The SMILES string of the molecule is CO[Si](CC=COC(=O)c1cccc(C(=O)OC=CC[Si](OC)(OC)OC)n1)(OC)OC. The van der Waals surface area contributed by atoms with Crippen molar-refractivity contribution in [3.8, 4) is 0 Å². The number of hydrogen-bond donors (Lipinski definition) is 0. The number of carbonyl (C=O) groups is 2. The second-order valence-corrected chi connectivity index (χ2v) is 12.0.